The molecule has 0 aromatic carbocycles. The lowest BCUT2D eigenvalue weighted by atomic mass is 9.37. The first kappa shape index (κ1) is 6.28. The molecule has 0 N–H and O–H groups in total. The summed E-state index contributed by atoms with van der Waals surface area (Å²) in [6.07, 6.45) is 9.32. The third-order valence-electron chi connectivity index (χ3n) is 5.08. The molecular weight excluding hydrogens is 132 g/mol. The van der Waals surface area contributed by atoms with Gasteiger partial charge in [-0.2, -0.15) is 0 Å². The van der Waals surface area contributed by atoms with Crippen LogP contribution in [0.5, 0.6) is 0 Å². The van der Waals surface area contributed by atoms with Crippen LogP contribution in [-0.2, 0) is 0 Å². The molecule has 0 heteroatoms. The summed E-state index contributed by atoms with van der Waals surface area (Å²) in [4.78, 5) is 0. The molecular formula is C11H16. The van der Waals surface area contributed by atoms with Gasteiger partial charge in [0, 0.05) is 0 Å². The molecule has 3 rings (SSSR count). The van der Waals surface area contributed by atoms with Crippen molar-refractivity contribution < 1.29 is 0 Å². The topological polar surface area (TPSA) is 0 Å². The van der Waals surface area contributed by atoms with E-state index in [0.29, 0.717) is 10.8 Å². The molecule has 0 amide bonds. The molecule has 4 unspecified atom stereocenters. The summed E-state index contributed by atoms with van der Waals surface area (Å²) < 4.78 is 0. The van der Waals surface area contributed by atoms with Gasteiger partial charge >= 0.3 is 0 Å². The van der Waals surface area contributed by atoms with Crippen molar-refractivity contribution in [1.29, 1.82) is 0 Å². The molecule has 0 aromatic rings. The van der Waals surface area contributed by atoms with Crippen LogP contribution in [0.2, 0.25) is 0 Å². The molecule has 0 bridgehead atoms. The molecule has 11 heavy (non-hydrogen) atoms. The van der Waals surface area contributed by atoms with Gasteiger partial charge in [-0.25, -0.2) is 0 Å². The van der Waals surface area contributed by atoms with Crippen molar-refractivity contribution in [2.45, 2.75) is 33.1 Å². The van der Waals surface area contributed by atoms with Crippen molar-refractivity contribution in [3.05, 3.63) is 12.2 Å². The minimum absolute atomic E-state index is 0.701. The summed E-state index contributed by atoms with van der Waals surface area (Å²) in [6.45, 7) is 5.01. The van der Waals surface area contributed by atoms with Gasteiger partial charge in [0.2, 0.25) is 0 Å². The van der Waals surface area contributed by atoms with Crippen LogP contribution in [0.3, 0.4) is 0 Å². The lowest BCUT2D eigenvalue weighted by Crippen LogP contribution is -2.61. The highest BCUT2D eigenvalue weighted by atomic mass is 14.7. The standard InChI is InChI=1S/C11H16/c1-10-6-3-7-11(10,2)9-5-4-8(9)10/h4-5,8-9H,3,6-7H2,1-2H3. The van der Waals surface area contributed by atoms with Crippen molar-refractivity contribution in [2.75, 3.05) is 0 Å². The molecule has 2 saturated carbocycles. The van der Waals surface area contributed by atoms with Crippen molar-refractivity contribution >= 4 is 0 Å². The molecule has 3 aliphatic rings. The van der Waals surface area contributed by atoms with Crippen LogP contribution < -0.4 is 0 Å². The van der Waals surface area contributed by atoms with Crippen LogP contribution in [0.1, 0.15) is 33.1 Å². The number of fused-ring (bicyclic) bond motifs is 4. The second-order valence-corrected chi connectivity index (χ2v) is 5.12. The van der Waals surface area contributed by atoms with E-state index in [1.165, 1.54) is 19.3 Å². The fourth-order valence-electron chi connectivity index (χ4n) is 3.94. The van der Waals surface area contributed by atoms with Gasteiger partial charge in [0.15, 0.2) is 0 Å². The maximum absolute atomic E-state index is 2.50. The Labute approximate surface area is 68.7 Å². The summed E-state index contributed by atoms with van der Waals surface area (Å²) in [5.74, 6) is 1.94. The minimum atomic E-state index is 0.701. The fourth-order valence-corrected chi connectivity index (χ4v) is 3.94. The number of allylic oxidation sites excluding steroid dienone is 2. The smallest absolute Gasteiger partial charge is 0.0106 e. The average Bonchev–Trinajstić information content (AvgIpc) is 2.04. The maximum atomic E-state index is 2.50. The Balaban J connectivity index is 2.08. The normalized spacial score (nSPS) is 64.5. The van der Waals surface area contributed by atoms with E-state index in [1.54, 1.807) is 0 Å². The molecule has 3 aliphatic carbocycles. The van der Waals surface area contributed by atoms with Gasteiger partial charge in [0.05, 0.1) is 0 Å². The Hall–Kier alpha value is -0.260. The summed E-state index contributed by atoms with van der Waals surface area (Å²) in [7, 11) is 0. The van der Waals surface area contributed by atoms with Gasteiger partial charge < -0.3 is 0 Å². The molecule has 0 aliphatic heterocycles. The van der Waals surface area contributed by atoms with Gasteiger partial charge in [0.1, 0.15) is 0 Å². The van der Waals surface area contributed by atoms with E-state index in [0.717, 1.165) is 11.8 Å². The zero-order valence-electron chi connectivity index (χ0n) is 7.43. The predicted octanol–water partition coefficient (Wildman–Crippen LogP) is 3.00. The molecule has 60 valence electrons. The summed E-state index contributed by atoms with van der Waals surface area (Å²) in [5, 5.41) is 0. The van der Waals surface area contributed by atoms with Crippen LogP contribution in [0, 0.1) is 22.7 Å². The Morgan fingerprint density at radius 3 is 1.82 bits per heavy atom. The third kappa shape index (κ3) is 0.410. The van der Waals surface area contributed by atoms with E-state index in [4.69, 9.17) is 0 Å². The largest absolute Gasteiger partial charge is 0.0839 e. The quantitative estimate of drug-likeness (QED) is 0.463. The number of hydrogen-bond acceptors (Lipinski definition) is 0. The highest BCUT2D eigenvalue weighted by Crippen LogP contribution is 2.75. The first-order valence-corrected chi connectivity index (χ1v) is 4.87. The first-order valence-electron chi connectivity index (χ1n) is 4.87. The lowest BCUT2D eigenvalue weighted by molar-refractivity contribution is -0.136. The average molecular weight is 148 g/mol. The van der Waals surface area contributed by atoms with E-state index in [1.807, 2.05) is 0 Å². The molecule has 2 fully saturated rings. The van der Waals surface area contributed by atoms with E-state index in [-0.39, 0.29) is 0 Å². The van der Waals surface area contributed by atoms with E-state index in [2.05, 4.69) is 26.0 Å². The van der Waals surface area contributed by atoms with Crippen LogP contribution in [0.15, 0.2) is 12.2 Å². The number of hydrogen-bond donors (Lipinski definition) is 0. The van der Waals surface area contributed by atoms with Gasteiger partial charge in [0.25, 0.3) is 0 Å². The van der Waals surface area contributed by atoms with E-state index >= 15 is 0 Å². The predicted molar refractivity (Wildman–Crippen MR) is 46.2 cm³/mol. The Kier molecular flexibility index (Phi) is 0.821. The van der Waals surface area contributed by atoms with Crippen molar-refractivity contribution in [3.8, 4) is 0 Å². The van der Waals surface area contributed by atoms with Crippen molar-refractivity contribution in [1.82, 2.24) is 0 Å². The lowest BCUT2D eigenvalue weighted by Gasteiger charge is -2.67. The van der Waals surface area contributed by atoms with Crippen LogP contribution >= 0.6 is 0 Å². The zero-order valence-corrected chi connectivity index (χ0v) is 7.43. The van der Waals surface area contributed by atoms with Gasteiger partial charge in [-0.1, -0.05) is 32.4 Å². The zero-order chi connectivity index (χ0) is 7.69. The van der Waals surface area contributed by atoms with Crippen LogP contribution in [0.4, 0.5) is 0 Å². The monoisotopic (exact) mass is 148 g/mol. The maximum Gasteiger partial charge on any atom is -0.0106 e. The second-order valence-electron chi connectivity index (χ2n) is 5.12. The minimum Gasteiger partial charge on any atom is -0.0839 e. The van der Waals surface area contributed by atoms with Gasteiger partial charge in [-0.05, 0) is 35.5 Å². The Morgan fingerprint density at radius 2 is 1.45 bits per heavy atom. The molecule has 0 aromatic heterocycles. The summed E-state index contributed by atoms with van der Waals surface area (Å²) in [6, 6.07) is 0. The molecule has 0 nitrogen and oxygen atoms in total. The second kappa shape index (κ2) is 1.44. The first-order chi connectivity index (χ1) is 5.18. The molecule has 4 atom stereocenters. The Bertz CT molecular complexity index is 216. The summed E-state index contributed by atoms with van der Waals surface area (Å²) in [5.41, 5.74) is 1.40. The highest BCUT2D eigenvalue weighted by molar-refractivity contribution is 5.32. The summed E-state index contributed by atoms with van der Waals surface area (Å²) >= 11 is 0. The van der Waals surface area contributed by atoms with E-state index in [9.17, 15) is 0 Å². The van der Waals surface area contributed by atoms with Gasteiger partial charge in [-0.3, -0.25) is 0 Å². The van der Waals surface area contributed by atoms with E-state index < -0.39 is 0 Å². The molecule has 0 saturated heterocycles. The molecule has 0 heterocycles. The third-order valence-corrected chi connectivity index (χ3v) is 5.08. The Morgan fingerprint density at radius 1 is 1.00 bits per heavy atom. The fraction of sp³-hybridized carbons (Fsp3) is 0.818. The van der Waals surface area contributed by atoms with Crippen LogP contribution in [-0.4, -0.2) is 0 Å². The highest BCUT2D eigenvalue weighted by Gasteiger charge is 2.68. The molecule has 0 radical (unpaired) electrons. The number of rotatable bonds is 0. The molecule has 0 spiro atoms. The van der Waals surface area contributed by atoms with Gasteiger partial charge in [-0.15, -0.1) is 0 Å². The van der Waals surface area contributed by atoms with Crippen LogP contribution in [0.25, 0.3) is 0 Å². The van der Waals surface area contributed by atoms with Crippen molar-refractivity contribution in [2.24, 2.45) is 22.7 Å². The SMILES string of the molecule is CC12CCCC1(C)C1C=CC12. The van der Waals surface area contributed by atoms with Crippen molar-refractivity contribution in [3.63, 3.8) is 0 Å².